The maximum absolute atomic E-state index is 4.81. The van der Waals surface area contributed by atoms with Crippen molar-refractivity contribution >= 4 is 21.8 Å². The highest BCUT2D eigenvalue weighted by molar-refractivity contribution is 9.10. The van der Waals surface area contributed by atoms with E-state index in [1.165, 1.54) is 5.56 Å². The Bertz CT molecular complexity index is 610. The Morgan fingerprint density at radius 2 is 1.90 bits per heavy atom. The lowest BCUT2D eigenvalue weighted by molar-refractivity contribution is 0.447. The number of nitrogens with zero attached hydrogens (tertiary/aromatic N) is 4. The summed E-state index contributed by atoms with van der Waals surface area (Å²) in [5.41, 5.74) is 1.23. The minimum atomic E-state index is 0.165. The summed E-state index contributed by atoms with van der Waals surface area (Å²) in [6.45, 7) is 3.92. The van der Waals surface area contributed by atoms with Gasteiger partial charge in [-0.3, -0.25) is 4.99 Å². The molecule has 0 saturated heterocycles. The molecule has 0 N–H and O–H groups in total. The SMILES string of the molecule is CCN1CC(c2ccccc2)N=C1c1ncc(Br)cn1. The average Bonchev–Trinajstić information content (AvgIpc) is 2.93. The summed E-state index contributed by atoms with van der Waals surface area (Å²) >= 11 is 3.36. The zero-order valence-electron chi connectivity index (χ0n) is 11.2. The van der Waals surface area contributed by atoms with Gasteiger partial charge in [0.1, 0.15) is 0 Å². The van der Waals surface area contributed by atoms with E-state index in [0.717, 1.165) is 23.4 Å². The van der Waals surface area contributed by atoms with Crippen molar-refractivity contribution in [3.63, 3.8) is 0 Å². The van der Waals surface area contributed by atoms with Gasteiger partial charge in [0.05, 0.1) is 10.5 Å². The molecular formula is C15H15BrN4. The van der Waals surface area contributed by atoms with E-state index in [0.29, 0.717) is 5.82 Å². The zero-order valence-corrected chi connectivity index (χ0v) is 12.8. The van der Waals surface area contributed by atoms with E-state index >= 15 is 0 Å². The van der Waals surface area contributed by atoms with Crippen LogP contribution in [0.2, 0.25) is 0 Å². The minimum Gasteiger partial charge on any atom is -0.352 e. The van der Waals surface area contributed by atoms with Gasteiger partial charge in [0.2, 0.25) is 0 Å². The molecule has 1 aliphatic heterocycles. The summed E-state index contributed by atoms with van der Waals surface area (Å²) < 4.78 is 0.877. The van der Waals surface area contributed by atoms with Crippen molar-refractivity contribution in [2.24, 2.45) is 4.99 Å². The number of amidine groups is 1. The topological polar surface area (TPSA) is 41.4 Å². The monoisotopic (exact) mass is 330 g/mol. The second kappa shape index (κ2) is 5.71. The third-order valence-electron chi connectivity index (χ3n) is 3.36. The van der Waals surface area contributed by atoms with Crippen LogP contribution < -0.4 is 0 Å². The number of aromatic nitrogens is 2. The second-order valence-corrected chi connectivity index (χ2v) is 5.56. The first-order valence-electron chi connectivity index (χ1n) is 6.63. The molecular weight excluding hydrogens is 316 g/mol. The minimum absolute atomic E-state index is 0.165. The molecule has 1 unspecified atom stereocenters. The normalized spacial score (nSPS) is 18.2. The molecule has 20 heavy (non-hydrogen) atoms. The highest BCUT2D eigenvalue weighted by atomic mass is 79.9. The standard InChI is InChI=1S/C15H15BrN4/c1-2-20-10-13(11-6-4-3-5-7-11)19-15(20)14-17-8-12(16)9-18-14/h3-9,13H,2,10H2,1H3. The Hall–Kier alpha value is -1.75. The van der Waals surface area contributed by atoms with Crippen molar-refractivity contribution in [1.29, 1.82) is 0 Å². The van der Waals surface area contributed by atoms with Crippen LogP contribution in [-0.4, -0.2) is 33.8 Å². The van der Waals surface area contributed by atoms with Crippen LogP contribution in [0, 0.1) is 0 Å². The van der Waals surface area contributed by atoms with E-state index < -0.39 is 0 Å². The lowest BCUT2D eigenvalue weighted by atomic mass is 10.1. The fourth-order valence-corrected chi connectivity index (χ4v) is 2.53. The summed E-state index contributed by atoms with van der Waals surface area (Å²) in [5, 5.41) is 0. The quantitative estimate of drug-likeness (QED) is 0.868. The van der Waals surface area contributed by atoms with Gasteiger partial charge in [0.15, 0.2) is 11.7 Å². The number of aliphatic imine (C=N–C) groups is 1. The van der Waals surface area contributed by atoms with Crippen LogP contribution in [0.4, 0.5) is 0 Å². The zero-order chi connectivity index (χ0) is 13.9. The fourth-order valence-electron chi connectivity index (χ4n) is 2.33. The number of hydrogen-bond acceptors (Lipinski definition) is 4. The molecule has 1 aromatic carbocycles. The number of hydrogen-bond donors (Lipinski definition) is 0. The number of rotatable bonds is 3. The molecule has 2 heterocycles. The first kappa shape index (κ1) is 13.2. The van der Waals surface area contributed by atoms with Gasteiger partial charge in [-0.25, -0.2) is 9.97 Å². The van der Waals surface area contributed by atoms with E-state index in [-0.39, 0.29) is 6.04 Å². The third-order valence-corrected chi connectivity index (χ3v) is 3.77. The number of halogens is 1. The molecule has 0 bridgehead atoms. The maximum atomic E-state index is 4.81. The van der Waals surface area contributed by atoms with E-state index in [4.69, 9.17) is 4.99 Å². The van der Waals surface area contributed by atoms with Gasteiger partial charge >= 0.3 is 0 Å². The van der Waals surface area contributed by atoms with Gasteiger partial charge < -0.3 is 4.90 Å². The van der Waals surface area contributed by atoms with E-state index in [9.17, 15) is 0 Å². The molecule has 2 aromatic rings. The molecule has 0 saturated carbocycles. The third kappa shape index (κ3) is 2.58. The summed E-state index contributed by atoms with van der Waals surface area (Å²) in [6.07, 6.45) is 3.52. The van der Waals surface area contributed by atoms with Crippen LogP contribution in [0.15, 0.2) is 52.2 Å². The smallest absolute Gasteiger partial charge is 0.195 e. The van der Waals surface area contributed by atoms with Crippen LogP contribution in [-0.2, 0) is 0 Å². The van der Waals surface area contributed by atoms with Crippen molar-refractivity contribution in [2.75, 3.05) is 13.1 Å². The molecule has 4 nitrogen and oxygen atoms in total. The molecule has 0 spiro atoms. The first-order valence-corrected chi connectivity index (χ1v) is 7.43. The molecule has 0 amide bonds. The first-order chi connectivity index (χ1) is 9.78. The Morgan fingerprint density at radius 1 is 1.20 bits per heavy atom. The number of likely N-dealkylation sites (N-methyl/N-ethyl adjacent to an activating group) is 1. The Morgan fingerprint density at radius 3 is 2.55 bits per heavy atom. The molecule has 1 aromatic heterocycles. The molecule has 3 rings (SSSR count). The van der Waals surface area contributed by atoms with Crippen molar-refractivity contribution in [3.8, 4) is 0 Å². The van der Waals surface area contributed by atoms with Gasteiger partial charge in [0.25, 0.3) is 0 Å². The highest BCUT2D eigenvalue weighted by Crippen LogP contribution is 2.26. The molecule has 5 heteroatoms. The van der Waals surface area contributed by atoms with Crippen molar-refractivity contribution in [1.82, 2.24) is 14.9 Å². The fraction of sp³-hybridized carbons (Fsp3) is 0.267. The van der Waals surface area contributed by atoms with Crippen LogP contribution in [0.3, 0.4) is 0 Å². The Kier molecular flexibility index (Phi) is 3.78. The molecule has 1 atom stereocenters. The van der Waals surface area contributed by atoms with E-state index in [1.54, 1.807) is 12.4 Å². The van der Waals surface area contributed by atoms with Crippen LogP contribution in [0.1, 0.15) is 24.4 Å². The van der Waals surface area contributed by atoms with Crippen molar-refractivity contribution in [2.45, 2.75) is 13.0 Å². The summed E-state index contributed by atoms with van der Waals surface area (Å²) in [6, 6.07) is 10.5. The van der Waals surface area contributed by atoms with Gasteiger partial charge in [0, 0.05) is 25.5 Å². The van der Waals surface area contributed by atoms with Gasteiger partial charge in [-0.2, -0.15) is 0 Å². The second-order valence-electron chi connectivity index (χ2n) is 4.64. The van der Waals surface area contributed by atoms with Crippen molar-refractivity contribution in [3.05, 3.63) is 58.6 Å². The highest BCUT2D eigenvalue weighted by Gasteiger charge is 2.27. The summed E-state index contributed by atoms with van der Waals surface area (Å²) in [4.78, 5) is 15.7. The van der Waals surface area contributed by atoms with E-state index in [1.807, 2.05) is 6.07 Å². The number of benzene rings is 1. The van der Waals surface area contributed by atoms with Crippen LogP contribution in [0.5, 0.6) is 0 Å². The predicted molar refractivity (Wildman–Crippen MR) is 82.7 cm³/mol. The van der Waals surface area contributed by atoms with Crippen LogP contribution in [0.25, 0.3) is 0 Å². The molecule has 1 aliphatic rings. The summed E-state index contributed by atoms with van der Waals surface area (Å²) in [5.74, 6) is 1.57. The maximum Gasteiger partial charge on any atom is 0.195 e. The predicted octanol–water partition coefficient (Wildman–Crippen LogP) is 3.06. The molecule has 0 radical (unpaired) electrons. The van der Waals surface area contributed by atoms with Gasteiger partial charge in [-0.15, -0.1) is 0 Å². The lowest BCUT2D eigenvalue weighted by Crippen LogP contribution is -2.29. The summed E-state index contributed by atoms with van der Waals surface area (Å²) in [7, 11) is 0. The molecule has 102 valence electrons. The van der Waals surface area contributed by atoms with Gasteiger partial charge in [-0.1, -0.05) is 30.3 Å². The molecule has 0 fully saturated rings. The largest absolute Gasteiger partial charge is 0.352 e. The lowest BCUT2D eigenvalue weighted by Gasteiger charge is -2.17. The van der Waals surface area contributed by atoms with Crippen LogP contribution >= 0.6 is 15.9 Å². The van der Waals surface area contributed by atoms with Crippen molar-refractivity contribution < 1.29 is 0 Å². The van der Waals surface area contributed by atoms with E-state index in [2.05, 4.69) is 62.0 Å². The Labute approximate surface area is 126 Å². The average molecular weight is 331 g/mol. The van der Waals surface area contributed by atoms with Gasteiger partial charge in [-0.05, 0) is 28.4 Å². The molecule has 0 aliphatic carbocycles. The Balaban J connectivity index is 1.93.